The number of aryl methyl sites for hydroxylation is 2. The lowest BCUT2D eigenvalue weighted by molar-refractivity contribution is 0.0390. The Hall–Kier alpha value is -3.69. The quantitative estimate of drug-likeness (QED) is 0.417. The third-order valence-electron chi connectivity index (χ3n) is 7.05. The summed E-state index contributed by atoms with van der Waals surface area (Å²) in [5, 5.41) is 8.93. The van der Waals surface area contributed by atoms with Crippen LogP contribution in [-0.2, 0) is 13.5 Å². The van der Waals surface area contributed by atoms with Gasteiger partial charge in [-0.2, -0.15) is 10.2 Å². The highest BCUT2D eigenvalue weighted by molar-refractivity contribution is 5.96. The molecule has 4 aromatic rings. The second-order valence-corrected chi connectivity index (χ2v) is 8.97. The summed E-state index contributed by atoms with van der Waals surface area (Å²) < 4.78 is 44.8. The molecule has 2 bridgehead atoms. The molecular formula is C24H21F3N6O. The van der Waals surface area contributed by atoms with E-state index in [1.165, 1.54) is 0 Å². The Bertz CT molecular complexity index is 1450. The number of hydrogen-bond acceptors (Lipinski definition) is 4. The molecule has 0 spiro atoms. The number of piperidine rings is 1. The van der Waals surface area contributed by atoms with Crippen LogP contribution in [-0.4, -0.2) is 41.2 Å². The monoisotopic (exact) mass is 466 g/mol. The summed E-state index contributed by atoms with van der Waals surface area (Å²) in [7, 11) is 1.70. The Balaban J connectivity index is 1.45. The molecule has 34 heavy (non-hydrogen) atoms. The summed E-state index contributed by atoms with van der Waals surface area (Å²) in [6.45, 7) is 1.84. The molecule has 174 valence electrons. The van der Waals surface area contributed by atoms with Gasteiger partial charge in [-0.05, 0) is 44.7 Å². The number of carbonyl (C=O) groups excluding carboxylic acids is 1. The van der Waals surface area contributed by atoms with Gasteiger partial charge >= 0.3 is 0 Å². The lowest BCUT2D eigenvalue weighted by Gasteiger charge is -2.45. The van der Waals surface area contributed by atoms with Crippen LogP contribution in [0, 0.1) is 24.4 Å². The van der Waals surface area contributed by atoms with Gasteiger partial charge in [0.25, 0.3) is 5.91 Å². The van der Waals surface area contributed by atoms with E-state index in [-0.39, 0.29) is 23.6 Å². The van der Waals surface area contributed by atoms with Crippen molar-refractivity contribution < 1.29 is 18.0 Å². The van der Waals surface area contributed by atoms with E-state index in [9.17, 15) is 18.0 Å². The smallest absolute Gasteiger partial charge is 0.258 e. The molecule has 0 radical (unpaired) electrons. The maximum absolute atomic E-state index is 14.0. The minimum absolute atomic E-state index is 0.0930. The van der Waals surface area contributed by atoms with Crippen LogP contribution >= 0.6 is 0 Å². The molecule has 6 rings (SSSR count). The molecule has 1 saturated heterocycles. The highest BCUT2D eigenvalue weighted by Crippen LogP contribution is 2.45. The number of hydrogen-bond donors (Lipinski definition) is 0. The van der Waals surface area contributed by atoms with E-state index in [1.807, 2.05) is 11.8 Å². The number of fused-ring (bicyclic) bond motifs is 5. The highest BCUT2D eigenvalue weighted by Gasteiger charge is 2.44. The molecule has 7 nitrogen and oxygen atoms in total. The van der Waals surface area contributed by atoms with Crippen molar-refractivity contribution in [2.24, 2.45) is 7.05 Å². The van der Waals surface area contributed by atoms with Gasteiger partial charge in [0.2, 0.25) is 0 Å². The Morgan fingerprint density at radius 2 is 1.91 bits per heavy atom. The Morgan fingerprint density at radius 3 is 2.68 bits per heavy atom. The number of benzene rings is 1. The van der Waals surface area contributed by atoms with Crippen LogP contribution in [0.4, 0.5) is 13.2 Å². The predicted molar refractivity (Wildman–Crippen MR) is 116 cm³/mol. The van der Waals surface area contributed by atoms with Crippen LogP contribution in [0.3, 0.4) is 0 Å². The molecule has 2 aliphatic heterocycles. The van der Waals surface area contributed by atoms with Crippen molar-refractivity contribution in [3.05, 3.63) is 70.6 Å². The largest absolute Gasteiger partial charge is 0.327 e. The molecule has 0 unspecified atom stereocenters. The van der Waals surface area contributed by atoms with Gasteiger partial charge in [0.1, 0.15) is 0 Å². The summed E-state index contributed by atoms with van der Waals surface area (Å²) in [5.74, 6) is -4.11. The minimum atomic E-state index is -1.49. The molecule has 2 atom stereocenters. The molecule has 2 aliphatic rings. The summed E-state index contributed by atoms with van der Waals surface area (Å²) in [6.07, 6.45) is 6.21. The first-order valence-electron chi connectivity index (χ1n) is 11.2. The van der Waals surface area contributed by atoms with Crippen molar-refractivity contribution in [3.63, 3.8) is 0 Å². The molecule has 0 aliphatic carbocycles. The summed E-state index contributed by atoms with van der Waals surface area (Å²) in [4.78, 5) is 20.0. The van der Waals surface area contributed by atoms with Crippen LogP contribution < -0.4 is 0 Å². The van der Waals surface area contributed by atoms with Crippen molar-refractivity contribution in [3.8, 4) is 11.3 Å². The van der Waals surface area contributed by atoms with Gasteiger partial charge in [-0.3, -0.25) is 9.48 Å². The minimum Gasteiger partial charge on any atom is -0.327 e. The van der Waals surface area contributed by atoms with Crippen LogP contribution in [0.5, 0.6) is 0 Å². The molecule has 10 heteroatoms. The molecule has 0 N–H and O–H groups in total. The summed E-state index contributed by atoms with van der Waals surface area (Å²) in [5.41, 5.74) is 4.21. The van der Waals surface area contributed by atoms with E-state index in [4.69, 9.17) is 0 Å². The van der Waals surface area contributed by atoms with E-state index < -0.39 is 17.5 Å². The fraction of sp³-hybridized carbons (Fsp3) is 0.333. The zero-order valence-electron chi connectivity index (χ0n) is 18.6. The second-order valence-electron chi connectivity index (χ2n) is 8.97. The van der Waals surface area contributed by atoms with Crippen molar-refractivity contribution in [1.29, 1.82) is 0 Å². The topological polar surface area (TPSA) is 68.3 Å². The van der Waals surface area contributed by atoms with Gasteiger partial charge in [-0.15, -0.1) is 0 Å². The van der Waals surface area contributed by atoms with Crippen LogP contribution in [0.1, 0.15) is 52.6 Å². The van der Waals surface area contributed by atoms with Crippen molar-refractivity contribution >= 4 is 11.6 Å². The number of rotatable bonds is 2. The van der Waals surface area contributed by atoms with E-state index in [0.29, 0.717) is 29.0 Å². The summed E-state index contributed by atoms with van der Waals surface area (Å²) >= 11 is 0. The Morgan fingerprint density at radius 1 is 1.15 bits per heavy atom. The number of amides is 1. The SMILES string of the molecule is Cc1c(C(=O)N2[C@H]3CCC[C@@H]2c2nn(C)c(-c4cc(F)c(F)c(F)c4)c2C3)cnc2ccnn12. The molecule has 1 aromatic carbocycles. The van der Waals surface area contributed by atoms with Gasteiger partial charge in [0.05, 0.1) is 34.9 Å². The Labute approximate surface area is 192 Å². The molecule has 3 aromatic heterocycles. The number of halogens is 3. The van der Waals surface area contributed by atoms with Crippen molar-refractivity contribution in [2.45, 2.75) is 44.7 Å². The second kappa shape index (κ2) is 7.41. The van der Waals surface area contributed by atoms with Crippen LogP contribution in [0.2, 0.25) is 0 Å². The number of carbonyl (C=O) groups is 1. The van der Waals surface area contributed by atoms with Gasteiger partial charge < -0.3 is 4.90 Å². The average Bonchev–Trinajstić information content (AvgIpc) is 3.41. The first-order valence-corrected chi connectivity index (χ1v) is 11.2. The average molecular weight is 466 g/mol. The first-order chi connectivity index (χ1) is 16.3. The Kier molecular flexibility index (Phi) is 4.55. The fourth-order valence-electron chi connectivity index (χ4n) is 5.54. The van der Waals surface area contributed by atoms with Gasteiger partial charge in [-0.1, -0.05) is 0 Å². The fourth-order valence-corrected chi connectivity index (χ4v) is 5.54. The zero-order chi connectivity index (χ0) is 23.7. The predicted octanol–water partition coefficient (Wildman–Crippen LogP) is 4.15. The van der Waals surface area contributed by atoms with Crippen molar-refractivity contribution in [2.75, 3.05) is 0 Å². The standard InChI is InChI=1S/C24H21F3N6O/c1-12-16(11-28-20-6-7-29-33(12)20)24(34)32-14-4-3-5-19(32)22-15(10-14)23(31(2)30-22)13-8-17(25)21(27)18(26)9-13/h6-9,11,14,19H,3-5,10H2,1-2H3/t14-,19+/m0/s1. The van der Waals surface area contributed by atoms with E-state index in [1.54, 1.807) is 34.7 Å². The molecule has 0 saturated carbocycles. The lowest BCUT2D eigenvalue weighted by atomic mass is 9.81. The summed E-state index contributed by atoms with van der Waals surface area (Å²) in [6, 6.07) is 3.41. The van der Waals surface area contributed by atoms with E-state index in [2.05, 4.69) is 15.2 Å². The number of aromatic nitrogens is 5. The van der Waals surface area contributed by atoms with Crippen LogP contribution in [0.15, 0.2) is 30.6 Å². The van der Waals surface area contributed by atoms with Crippen LogP contribution in [0.25, 0.3) is 16.9 Å². The van der Waals surface area contributed by atoms with Gasteiger partial charge in [0.15, 0.2) is 23.1 Å². The molecule has 1 amide bonds. The maximum atomic E-state index is 14.0. The highest BCUT2D eigenvalue weighted by atomic mass is 19.2. The first kappa shape index (κ1) is 20.9. The zero-order valence-corrected chi connectivity index (χ0v) is 18.6. The molecule has 5 heterocycles. The molecular weight excluding hydrogens is 445 g/mol. The third kappa shape index (κ3) is 2.90. The van der Waals surface area contributed by atoms with Crippen molar-refractivity contribution in [1.82, 2.24) is 29.3 Å². The van der Waals surface area contributed by atoms with Gasteiger partial charge in [-0.25, -0.2) is 22.7 Å². The van der Waals surface area contributed by atoms with E-state index in [0.717, 1.165) is 42.7 Å². The normalized spacial score (nSPS) is 19.5. The molecule has 1 fully saturated rings. The van der Waals surface area contributed by atoms with Gasteiger partial charge in [0, 0.05) is 36.5 Å². The number of nitrogens with zero attached hydrogens (tertiary/aromatic N) is 6. The maximum Gasteiger partial charge on any atom is 0.258 e. The van der Waals surface area contributed by atoms with E-state index >= 15 is 0 Å². The third-order valence-corrected chi connectivity index (χ3v) is 7.05. The lowest BCUT2D eigenvalue weighted by Crippen LogP contribution is -2.50.